The van der Waals surface area contributed by atoms with E-state index in [9.17, 15) is 9.59 Å². The minimum atomic E-state index is -0.371. The zero-order valence-corrected chi connectivity index (χ0v) is 16.8. The van der Waals surface area contributed by atoms with Gasteiger partial charge in [0.05, 0.1) is 24.3 Å². The predicted molar refractivity (Wildman–Crippen MR) is 113 cm³/mol. The summed E-state index contributed by atoms with van der Waals surface area (Å²) in [4.78, 5) is 27.5. The number of likely N-dealkylation sites (tertiary alicyclic amines) is 1. The van der Waals surface area contributed by atoms with E-state index in [-0.39, 0.29) is 22.9 Å². The van der Waals surface area contributed by atoms with Crippen LogP contribution in [0.15, 0.2) is 71.5 Å². The first-order valence-corrected chi connectivity index (χ1v) is 10.2. The number of benzene rings is 2. The molecule has 1 aliphatic carbocycles. The molecule has 0 N–H and O–H groups in total. The molecule has 0 spiro atoms. The molecule has 2 aromatic carbocycles. The van der Waals surface area contributed by atoms with Gasteiger partial charge < -0.3 is 9.64 Å². The van der Waals surface area contributed by atoms with E-state index >= 15 is 0 Å². The van der Waals surface area contributed by atoms with E-state index < -0.39 is 0 Å². The van der Waals surface area contributed by atoms with Gasteiger partial charge in [-0.2, -0.15) is 5.10 Å². The Labute approximate surface area is 174 Å². The van der Waals surface area contributed by atoms with Crippen LogP contribution in [-0.4, -0.2) is 40.8 Å². The Bertz CT molecular complexity index is 1150. The number of aromatic nitrogens is 2. The number of ether oxygens (including phenoxy) is 1. The molecule has 6 heteroatoms. The lowest BCUT2D eigenvalue weighted by atomic mass is 9.92. The first-order valence-electron chi connectivity index (χ1n) is 10.2. The Balaban J connectivity index is 1.35. The fourth-order valence-corrected chi connectivity index (χ4v) is 4.27. The highest BCUT2D eigenvalue weighted by molar-refractivity contribution is 5.91. The molecule has 1 saturated heterocycles. The van der Waals surface area contributed by atoms with Crippen LogP contribution >= 0.6 is 0 Å². The number of hydrogen-bond acceptors (Lipinski definition) is 4. The average Bonchev–Trinajstić information content (AvgIpc) is 3.57. The quantitative estimate of drug-likeness (QED) is 0.659. The molecule has 0 unspecified atom stereocenters. The van der Waals surface area contributed by atoms with Gasteiger partial charge in [0, 0.05) is 24.7 Å². The second-order valence-corrected chi connectivity index (χ2v) is 8.01. The molecule has 0 bridgehead atoms. The van der Waals surface area contributed by atoms with E-state index in [1.165, 1.54) is 10.7 Å². The van der Waals surface area contributed by atoms with Gasteiger partial charge in [0.2, 0.25) is 5.91 Å². The van der Waals surface area contributed by atoms with Crippen molar-refractivity contribution in [3.8, 4) is 17.0 Å². The number of amides is 1. The van der Waals surface area contributed by atoms with Crippen LogP contribution in [0.25, 0.3) is 11.3 Å². The van der Waals surface area contributed by atoms with Crippen molar-refractivity contribution in [2.45, 2.75) is 24.3 Å². The molecule has 5 rings (SSSR count). The van der Waals surface area contributed by atoms with Crippen LogP contribution in [0.2, 0.25) is 0 Å². The van der Waals surface area contributed by atoms with Crippen molar-refractivity contribution in [3.05, 3.63) is 82.6 Å². The summed E-state index contributed by atoms with van der Waals surface area (Å²) in [6, 6.07) is 20.7. The van der Waals surface area contributed by atoms with Gasteiger partial charge >= 0.3 is 0 Å². The molecule has 30 heavy (non-hydrogen) atoms. The molecule has 3 aromatic rings. The van der Waals surface area contributed by atoms with Gasteiger partial charge in [-0.25, -0.2) is 4.68 Å². The Kier molecular flexibility index (Phi) is 4.42. The Morgan fingerprint density at radius 1 is 1.00 bits per heavy atom. The first-order chi connectivity index (χ1) is 14.6. The van der Waals surface area contributed by atoms with Gasteiger partial charge in [-0.1, -0.05) is 42.5 Å². The van der Waals surface area contributed by atoms with E-state index in [0.29, 0.717) is 24.5 Å². The lowest BCUT2D eigenvalue weighted by Gasteiger charge is -2.41. The van der Waals surface area contributed by atoms with Crippen LogP contribution in [-0.2, 0) is 10.2 Å². The van der Waals surface area contributed by atoms with Crippen molar-refractivity contribution in [1.29, 1.82) is 0 Å². The molecule has 2 heterocycles. The smallest absolute Gasteiger partial charge is 0.267 e. The zero-order chi connectivity index (χ0) is 20.7. The third kappa shape index (κ3) is 3.00. The van der Waals surface area contributed by atoms with Crippen LogP contribution in [0.3, 0.4) is 0 Å². The summed E-state index contributed by atoms with van der Waals surface area (Å²) in [5.74, 6) is 0.873. The second-order valence-electron chi connectivity index (χ2n) is 8.01. The molecular formula is C24H23N3O3. The lowest BCUT2D eigenvalue weighted by Crippen LogP contribution is -2.56. The van der Waals surface area contributed by atoms with Gasteiger partial charge in [-0.15, -0.1) is 0 Å². The van der Waals surface area contributed by atoms with Gasteiger partial charge in [0.1, 0.15) is 5.75 Å². The average molecular weight is 401 g/mol. The number of carbonyl (C=O) groups excluding carboxylic acids is 1. The maximum Gasteiger partial charge on any atom is 0.267 e. The van der Waals surface area contributed by atoms with Crippen molar-refractivity contribution in [2.24, 2.45) is 0 Å². The molecule has 1 aromatic heterocycles. The van der Waals surface area contributed by atoms with E-state index in [0.717, 1.165) is 24.0 Å². The highest BCUT2D eigenvalue weighted by Crippen LogP contribution is 2.50. The van der Waals surface area contributed by atoms with Crippen molar-refractivity contribution >= 4 is 5.91 Å². The lowest BCUT2D eigenvalue weighted by molar-refractivity contribution is -0.140. The number of carbonyl (C=O) groups is 1. The summed E-state index contributed by atoms with van der Waals surface area (Å²) < 4.78 is 6.93. The Morgan fingerprint density at radius 2 is 1.70 bits per heavy atom. The SMILES string of the molecule is COc1ccccc1-c1ccc(=O)n(C2CN(C(=O)C3(c4ccccc4)CC3)C2)n1. The number of hydrogen-bond donors (Lipinski definition) is 0. The van der Waals surface area contributed by atoms with Crippen molar-refractivity contribution in [1.82, 2.24) is 14.7 Å². The largest absolute Gasteiger partial charge is 0.496 e. The molecule has 6 nitrogen and oxygen atoms in total. The molecule has 0 atom stereocenters. The summed E-state index contributed by atoms with van der Waals surface area (Å²) in [6.45, 7) is 1.02. The maximum absolute atomic E-state index is 13.1. The first kappa shape index (κ1) is 18.6. The van der Waals surface area contributed by atoms with Gasteiger partial charge in [0.25, 0.3) is 5.56 Å². The molecule has 1 saturated carbocycles. The third-order valence-electron chi connectivity index (χ3n) is 6.19. The summed E-state index contributed by atoms with van der Waals surface area (Å²) in [5, 5.41) is 4.59. The number of methoxy groups -OCH3 is 1. The fourth-order valence-electron chi connectivity index (χ4n) is 4.27. The normalized spacial score (nSPS) is 17.3. The van der Waals surface area contributed by atoms with Crippen molar-refractivity contribution < 1.29 is 9.53 Å². The highest BCUT2D eigenvalue weighted by Gasteiger charge is 2.54. The summed E-state index contributed by atoms with van der Waals surface area (Å²) in [6.07, 6.45) is 1.77. The third-order valence-corrected chi connectivity index (χ3v) is 6.19. The van der Waals surface area contributed by atoms with Crippen LogP contribution in [0.5, 0.6) is 5.75 Å². The van der Waals surface area contributed by atoms with Crippen LogP contribution in [0.4, 0.5) is 0 Å². The molecule has 0 radical (unpaired) electrons. The number of para-hydroxylation sites is 1. The van der Waals surface area contributed by atoms with Crippen LogP contribution in [0, 0.1) is 0 Å². The molecule has 1 amide bonds. The van der Waals surface area contributed by atoms with Crippen LogP contribution in [0.1, 0.15) is 24.4 Å². The summed E-state index contributed by atoms with van der Waals surface area (Å²) in [7, 11) is 1.62. The van der Waals surface area contributed by atoms with E-state index in [4.69, 9.17) is 4.74 Å². The number of rotatable bonds is 5. The minimum Gasteiger partial charge on any atom is -0.496 e. The van der Waals surface area contributed by atoms with E-state index in [1.54, 1.807) is 13.2 Å². The predicted octanol–water partition coefficient (Wildman–Crippen LogP) is 3.03. The molecule has 2 fully saturated rings. The summed E-state index contributed by atoms with van der Waals surface area (Å²) in [5.41, 5.74) is 2.08. The molecule has 152 valence electrons. The van der Waals surface area contributed by atoms with Crippen molar-refractivity contribution in [3.63, 3.8) is 0 Å². The van der Waals surface area contributed by atoms with E-state index in [1.807, 2.05) is 59.5 Å². The van der Waals surface area contributed by atoms with Crippen LogP contribution < -0.4 is 10.3 Å². The molecule has 2 aliphatic rings. The second kappa shape index (κ2) is 7.13. The molecule has 1 aliphatic heterocycles. The van der Waals surface area contributed by atoms with Crippen molar-refractivity contribution in [2.75, 3.05) is 20.2 Å². The summed E-state index contributed by atoms with van der Waals surface area (Å²) >= 11 is 0. The monoisotopic (exact) mass is 401 g/mol. The number of nitrogens with zero attached hydrogens (tertiary/aromatic N) is 3. The molecular weight excluding hydrogens is 378 g/mol. The highest BCUT2D eigenvalue weighted by atomic mass is 16.5. The van der Waals surface area contributed by atoms with Gasteiger partial charge in [-0.3, -0.25) is 9.59 Å². The standard InChI is InChI=1S/C24H23N3O3/c1-30-21-10-6-5-9-19(21)20-11-12-22(28)27(25-20)18-15-26(16-18)23(29)24(13-14-24)17-7-3-2-4-8-17/h2-12,18H,13-16H2,1H3. The van der Waals surface area contributed by atoms with E-state index in [2.05, 4.69) is 5.10 Å². The minimum absolute atomic E-state index is 0.109. The maximum atomic E-state index is 13.1. The zero-order valence-electron chi connectivity index (χ0n) is 16.8. The Hall–Kier alpha value is -3.41. The fraction of sp³-hybridized carbons (Fsp3) is 0.292. The Morgan fingerprint density at radius 3 is 2.40 bits per heavy atom. The topological polar surface area (TPSA) is 64.4 Å². The van der Waals surface area contributed by atoms with Gasteiger partial charge in [0.15, 0.2) is 0 Å². The van der Waals surface area contributed by atoms with Gasteiger partial charge in [-0.05, 0) is 36.6 Å².